The fourth-order valence-corrected chi connectivity index (χ4v) is 2.66. The molecular weight excluding hydrogens is 467 g/mol. The number of halogens is 1. The number of amides is 1. The summed E-state index contributed by atoms with van der Waals surface area (Å²) in [6.07, 6.45) is 5.45. The molecule has 0 saturated heterocycles. The molecular formula is C21H35IN4O2. The van der Waals surface area contributed by atoms with E-state index in [1.807, 2.05) is 24.3 Å². The van der Waals surface area contributed by atoms with E-state index in [9.17, 15) is 4.79 Å². The highest BCUT2D eigenvalue weighted by molar-refractivity contribution is 14.0. The maximum absolute atomic E-state index is 11.6. The van der Waals surface area contributed by atoms with Gasteiger partial charge in [-0.1, -0.05) is 26.0 Å². The van der Waals surface area contributed by atoms with Gasteiger partial charge < -0.3 is 20.7 Å². The molecule has 1 fully saturated rings. The Kier molecular flexibility index (Phi) is 11.9. The maximum atomic E-state index is 11.6. The lowest BCUT2D eigenvalue weighted by atomic mass is 10.1. The topological polar surface area (TPSA) is 74.8 Å². The molecule has 0 aromatic heterocycles. The molecule has 1 aliphatic rings. The van der Waals surface area contributed by atoms with Gasteiger partial charge in [-0.15, -0.1) is 24.0 Å². The molecule has 2 rings (SSSR count). The highest BCUT2D eigenvalue weighted by Crippen LogP contribution is 2.18. The lowest BCUT2D eigenvalue weighted by Gasteiger charge is -2.12. The van der Waals surface area contributed by atoms with Crippen molar-refractivity contribution in [3.05, 3.63) is 29.8 Å². The Labute approximate surface area is 186 Å². The molecule has 0 heterocycles. The Morgan fingerprint density at radius 1 is 1.18 bits per heavy atom. The average molecular weight is 502 g/mol. The van der Waals surface area contributed by atoms with Crippen molar-refractivity contribution in [3.63, 3.8) is 0 Å². The monoisotopic (exact) mass is 502 g/mol. The zero-order chi connectivity index (χ0) is 19.5. The van der Waals surface area contributed by atoms with Gasteiger partial charge in [0.1, 0.15) is 5.75 Å². The van der Waals surface area contributed by atoms with E-state index in [0.29, 0.717) is 6.04 Å². The smallest absolute Gasteiger partial charge is 0.258 e. The zero-order valence-corrected chi connectivity index (χ0v) is 19.6. The molecule has 1 aromatic carbocycles. The van der Waals surface area contributed by atoms with Crippen LogP contribution in [0.25, 0.3) is 0 Å². The Hall–Kier alpha value is -1.51. The number of hydrogen-bond acceptors (Lipinski definition) is 3. The van der Waals surface area contributed by atoms with Gasteiger partial charge >= 0.3 is 0 Å². The van der Waals surface area contributed by atoms with Crippen molar-refractivity contribution in [2.24, 2.45) is 10.9 Å². The third kappa shape index (κ3) is 10.7. The predicted octanol–water partition coefficient (Wildman–Crippen LogP) is 3.11. The van der Waals surface area contributed by atoms with Gasteiger partial charge in [-0.2, -0.15) is 0 Å². The normalized spacial score (nSPS) is 13.6. The van der Waals surface area contributed by atoms with Gasteiger partial charge in [-0.25, -0.2) is 0 Å². The second-order valence-electron chi connectivity index (χ2n) is 7.49. The van der Waals surface area contributed by atoms with Crippen molar-refractivity contribution in [1.29, 1.82) is 0 Å². The first-order chi connectivity index (χ1) is 13.1. The van der Waals surface area contributed by atoms with Crippen LogP contribution < -0.4 is 20.7 Å². The van der Waals surface area contributed by atoms with Crippen molar-refractivity contribution >= 4 is 35.8 Å². The third-order valence-corrected chi connectivity index (χ3v) is 4.42. The van der Waals surface area contributed by atoms with Crippen molar-refractivity contribution < 1.29 is 9.53 Å². The fraction of sp³-hybridized carbons (Fsp3) is 0.619. The highest BCUT2D eigenvalue weighted by atomic mass is 127. The van der Waals surface area contributed by atoms with Gasteiger partial charge in [0.2, 0.25) is 0 Å². The molecule has 0 radical (unpaired) electrons. The van der Waals surface area contributed by atoms with Gasteiger partial charge in [-0.3, -0.25) is 9.79 Å². The van der Waals surface area contributed by atoms with Crippen LogP contribution in [0, 0.1) is 5.92 Å². The van der Waals surface area contributed by atoms with E-state index in [0.717, 1.165) is 56.4 Å². The lowest BCUT2D eigenvalue weighted by molar-refractivity contribution is -0.123. The summed E-state index contributed by atoms with van der Waals surface area (Å²) in [5, 5.41) is 9.60. The summed E-state index contributed by atoms with van der Waals surface area (Å²) in [4.78, 5) is 15.9. The van der Waals surface area contributed by atoms with Gasteiger partial charge in [0.25, 0.3) is 5.91 Å². The number of ether oxygens (including phenoxy) is 1. The molecule has 3 N–H and O–H groups in total. The van der Waals surface area contributed by atoms with Gasteiger partial charge in [0.05, 0.1) is 0 Å². The van der Waals surface area contributed by atoms with E-state index >= 15 is 0 Å². The second kappa shape index (κ2) is 13.6. The molecule has 28 heavy (non-hydrogen) atoms. The fourth-order valence-electron chi connectivity index (χ4n) is 2.66. The van der Waals surface area contributed by atoms with E-state index in [2.05, 4.69) is 34.8 Å². The van der Waals surface area contributed by atoms with Crippen LogP contribution in [0.15, 0.2) is 29.3 Å². The van der Waals surface area contributed by atoms with Crippen LogP contribution in [-0.2, 0) is 11.2 Å². The average Bonchev–Trinajstić information content (AvgIpc) is 3.46. The summed E-state index contributed by atoms with van der Waals surface area (Å²) >= 11 is 0. The Balaban J connectivity index is 0.00000392. The number of aliphatic imine (C=N–C) groups is 1. The van der Waals surface area contributed by atoms with Crippen LogP contribution in [0.3, 0.4) is 0 Å². The standard InChI is InChI=1S/C21H34N4O2.HI/c1-16(2)5-4-13-23-21(22-3)24-14-12-17-6-10-19(11-7-17)27-15-20(26)25-18-8-9-18;/h6-7,10-11,16,18H,4-5,8-9,12-15H2,1-3H3,(H,25,26)(H2,22,23,24);1H. The molecule has 1 aliphatic carbocycles. The Morgan fingerprint density at radius 2 is 1.86 bits per heavy atom. The summed E-state index contributed by atoms with van der Waals surface area (Å²) in [6, 6.07) is 8.28. The highest BCUT2D eigenvalue weighted by Gasteiger charge is 2.23. The van der Waals surface area contributed by atoms with Crippen LogP contribution in [0.5, 0.6) is 5.75 Å². The minimum Gasteiger partial charge on any atom is -0.484 e. The molecule has 0 aliphatic heterocycles. The number of carbonyl (C=O) groups is 1. The summed E-state index contributed by atoms with van der Waals surface area (Å²) in [5.41, 5.74) is 1.22. The number of rotatable bonds is 11. The first-order valence-electron chi connectivity index (χ1n) is 10.0. The van der Waals surface area contributed by atoms with E-state index in [1.54, 1.807) is 7.05 Å². The summed E-state index contributed by atoms with van der Waals surface area (Å²) in [5.74, 6) is 2.26. The number of carbonyl (C=O) groups excluding carboxylic acids is 1. The Morgan fingerprint density at radius 3 is 2.46 bits per heavy atom. The van der Waals surface area contributed by atoms with Crippen molar-refractivity contribution in [1.82, 2.24) is 16.0 Å². The summed E-state index contributed by atoms with van der Waals surface area (Å²) in [6.45, 7) is 6.32. The number of nitrogens with zero attached hydrogens (tertiary/aromatic N) is 1. The van der Waals surface area contributed by atoms with E-state index in [1.165, 1.54) is 12.0 Å². The van der Waals surface area contributed by atoms with Crippen LogP contribution >= 0.6 is 24.0 Å². The minimum atomic E-state index is -0.0435. The molecule has 6 nitrogen and oxygen atoms in total. The van der Waals surface area contributed by atoms with Crippen molar-refractivity contribution in [3.8, 4) is 5.75 Å². The van der Waals surface area contributed by atoms with E-state index in [4.69, 9.17) is 4.74 Å². The predicted molar refractivity (Wildman–Crippen MR) is 126 cm³/mol. The number of benzene rings is 1. The zero-order valence-electron chi connectivity index (χ0n) is 17.3. The number of hydrogen-bond donors (Lipinski definition) is 3. The third-order valence-electron chi connectivity index (χ3n) is 4.42. The molecule has 0 spiro atoms. The van der Waals surface area contributed by atoms with Crippen LogP contribution in [0.4, 0.5) is 0 Å². The SMILES string of the molecule is CN=C(NCCCC(C)C)NCCc1ccc(OCC(=O)NC2CC2)cc1.I. The summed E-state index contributed by atoms with van der Waals surface area (Å²) < 4.78 is 5.53. The summed E-state index contributed by atoms with van der Waals surface area (Å²) in [7, 11) is 1.79. The molecule has 158 valence electrons. The molecule has 0 atom stereocenters. The van der Waals surface area contributed by atoms with Gasteiger partial charge in [0.15, 0.2) is 12.6 Å². The van der Waals surface area contributed by atoms with Crippen LogP contribution in [-0.4, -0.2) is 44.7 Å². The molecule has 1 aromatic rings. The van der Waals surface area contributed by atoms with Crippen LogP contribution in [0.1, 0.15) is 45.1 Å². The number of nitrogens with one attached hydrogen (secondary N) is 3. The van der Waals surface area contributed by atoms with Crippen LogP contribution in [0.2, 0.25) is 0 Å². The second-order valence-corrected chi connectivity index (χ2v) is 7.49. The van der Waals surface area contributed by atoms with E-state index in [-0.39, 0.29) is 36.5 Å². The first kappa shape index (κ1) is 24.5. The van der Waals surface area contributed by atoms with Crippen molar-refractivity contribution in [2.45, 2.75) is 52.0 Å². The Bertz CT molecular complexity index is 601. The number of guanidine groups is 1. The largest absolute Gasteiger partial charge is 0.484 e. The molecule has 0 bridgehead atoms. The first-order valence-corrected chi connectivity index (χ1v) is 10.0. The molecule has 0 unspecified atom stereocenters. The minimum absolute atomic E-state index is 0. The molecule has 1 saturated carbocycles. The van der Waals surface area contributed by atoms with Gasteiger partial charge in [0, 0.05) is 26.2 Å². The van der Waals surface area contributed by atoms with Gasteiger partial charge in [-0.05, 0) is 55.7 Å². The van der Waals surface area contributed by atoms with E-state index < -0.39 is 0 Å². The molecule has 7 heteroatoms. The molecule has 1 amide bonds. The quantitative estimate of drug-likeness (QED) is 0.188. The maximum Gasteiger partial charge on any atom is 0.258 e. The van der Waals surface area contributed by atoms with Crippen molar-refractivity contribution in [2.75, 3.05) is 26.7 Å². The lowest BCUT2D eigenvalue weighted by Crippen LogP contribution is -2.38.